The van der Waals surface area contributed by atoms with E-state index >= 15 is 0 Å². The van der Waals surface area contributed by atoms with Gasteiger partial charge >= 0.3 is 5.97 Å². The molecule has 4 rings (SSSR count). The Kier molecular flexibility index (Phi) is 5.45. The number of carboxylic acid groups (broad SMARTS) is 1. The third-order valence-electron chi connectivity index (χ3n) is 4.63. The Balaban J connectivity index is 1.67. The number of rotatable bonds is 7. The van der Waals surface area contributed by atoms with Crippen LogP contribution in [-0.2, 0) is 0 Å². The first kappa shape index (κ1) is 20.0. The average Bonchev–Trinajstić information content (AvgIpc) is 3.26. The third-order valence-corrected chi connectivity index (χ3v) is 5.46. The van der Waals surface area contributed by atoms with Crippen LogP contribution in [0.15, 0.2) is 52.9 Å². The smallest absolute Gasteiger partial charge is 0.336 e. The van der Waals surface area contributed by atoms with E-state index in [2.05, 4.69) is 10.1 Å². The maximum absolute atomic E-state index is 13.8. The summed E-state index contributed by atoms with van der Waals surface area (Å²) in [7, 11) is 1.57. The van der Waals surface area contributed by atoms with Gasteiger partial charge in [0.25, 0.3) is 0 Å². The van der Waals surface area contributed by atoms with Gasteiger partial charge in [-0.1, -0.05) is 12.1 Å². The van der Waals surface area contributed by atoms with E-state index in [-0.39, 0.29) is 11.1 Å². The van der Waals surface area contributed by atoms with Gasteiger partial charge in [0.1, 0.15) is 17.7 Å². The summed E-state index contributed by atoms with van der Waals surface area (Å²) in [5.74, 6) is -1.27. The van der Waals surface area contributed by atoms with Crippen molar-refractivity contribution in [3.63, 3.8) is 0 Å². The van der Waals surface area contributed by atoms with Crippen LogP contribution in [0.3, 0.4) is 0 Å². The van der Waals surface area contributed by atoms with E-state index in [0.717, 1.165) is 17.7 Å². The number of carboxylic acids is 1. The fourth-order valence-electron chi connectivity index (χ4n) is 2.98. The Morgan fingerprint density at radius 2 is 2.13 bits per heavy atom. The van der Waals surface area contributed by atoms with Gasteiger partial charge in [-0.25, -0.2) is 23.6 Å². The molecule has 1 heterocycles. The molecule has 1 aliphatic rings. The van der Waals surface area contributed by atoms with Crippen LogP contribution in [0.1, 0.15) is 22.3 Å². The topological polar surface area (TPSA) is 75.0 Å². The van der Waals surface area contributed by atoms with Crippen molar-refractivity contribution in [1.82, 2.24) is 4.98 Å². The van der Waals surface area contributed by atoms with Gasteiger partial charge in [0, 0.05) is 22.9 Å². The molecular formula is C21H17F2N3O3S. The number of aromatic nitrogens is 1. The van der Waals surface area contributed by atoms with Crippen molar-refractivity contribution in [2.45, 2.75) is 18.6 Å². The zero-order valence-electron chi connectivity index (χ0n) is 15.8. The average molecular weight is 429 g/mol. The van der Waals surface area contributed by atoms with E-state index in [1.807, 2.05) is 29.6 Å². The van der Waals surface area contributed by atoms with E-state index < -0.39 is 24.0 Å². The SMILES string of the molecule is COc1ccccc1-c1csc(N(/N=C/c2ccc(F)cc2C(=O)O)C2CC2F)n1. The minimum absolute atomic E-state index is 0.214. The molecule has 1 aromatic heterocycles. The van der Waals surface area contributed by atoms with Crippen LogP contribution in [0.4, 0.5) is 13.9 Å². The number of hydrazone groups is 1. The lowest BCUT2D eigenvalue weighted by atomic mass is 10.1. The van der Waals surface area contributed by atoms with Crippen molar-refractivity contribution < 1.29 is 23.4 Å². The number of methoxy groups -OCH3 is 1. The Morgan fingerprint density at radius 3 is 2.83 bits per heavy atom. The van der Waals surface area contributed by atoms with Crippen LogP contribution in [0.5, 0.6) is 5.75 Å². The number of hydrogen-bond donors (Lipinski definition) is 1. The highest BCUT2D eigenvalue weighted by Gasteiger charge is 2.44. The number of nitrogens with zero attached hydrogens (tertiary/aromatic N) is 3. The second-order valence-corrected chi connectivity index (χ2v) is 7.50. The molecule has 0 aliphatic heterocycles. The maximum Gasteiger partial charge on any atom is 0.336 e. The van der Waals surface area contributed by atoms with Crippen molar-refractivity contribution in [3.8, 4) is 17.0 Å². The van der Waals surface area contributed by atoms with Gasteiger partial charge in [0.05, 0.1) is 30.6 Å². The van der Waals surface area contributed by atoms with Gasteiger partial charge in [-0.15, -0.1) is 11.3 Å². The molecule has 0 amide bonds. The molecular weight excluding hydrogens is 412 g/mol. The first-order valence-electron chi connectivity index (χ1n) is 9.07. The van der Waals surface area contributed by atoms with Crippen LogP contribution in [0.25, 0.3) is 11.3 Å². The van der Waals surface area contributed by atoms with E-state index in [4.69, 9.17) is 4.74 Å². The molecule has 0 bridgehead atoms. The van der Waals surface area contributed by atoms with Crippen LogP contribution in [0, 0.1) is 5.82 Å². The van der Waals surface area contributed by atoms with Crippen LogP contribution >= 0.6 is 11.3 Å². The van der Waals surface area contributed by atoms with Gasteiger partial charge in [-0.05, 0) is 30.3 Å². The molecule has 2 atom stereocenters. The Hall–Kier alpha value is -3.33. The highest BCUT2D eigenvalue weighted by atomic mass is 32.1. The van der Waals surface area contributed by atoms with Crippen molar-refractivity contribution >= 4 is 28.7 Å². The Morgan fingerprint density at radius 1 is 1.37 bits per heavy atom. The summed E-state index contributed by atoms with van der Waals surface area (Å²) in [5.41, 5.74) is 1.45. The van der Waals surface area contributed by atoms with Crippen molar-refractivity contribution in [2.24, 2.45) is 5.10 Å². The molecule has 1 saturated carbocycles. The van der Waals surface area contributed by atoms with Crippen molar-refractivity contribution in [3.05, 3.63) is 64.8 Å². The number of aromatic carboxylic acids is 1. The zero-order valence-corrected chi connectivity index (χ0v) is 16.6. The van der Waals surface area contributed by atoms with Gasteiger partial charge in [0.15, 0.2) is 0 Å². The largest absolute Gasteiger partial charge is 0.496 e. The van der Waals surface area contributed by atoms with Crippen LogP contribution in [0.2, 0.25) is 0 Å². The van der Waals surface area contributed by atoms with E-state index in [1.54, 1.807) is 7.11 Å². The highest BCUT2D eigenvalue weighted by molar-refractivity contribution is 7.14. The number of halogens is 2. The summed E-state index contributed by atoms with van der Waals surface area (Å²) >= 11 is 1.29. The molecule has 0 saturated heterocycles. The monoisotopic (exact) mass is 429 g/mol. The minimum atomic E-state index is -1.27. The maximum atomic E-state index is 13.8. The van der Waals surface area contributed by atoms with E-state index in [9.17, 15) is 18.7 Å². The van der Waals surface area contributed by atoms with E-state index in [0.29, 0.717) is 23.0 Å². The van der Waals surface area contributed by atoms with Gasteiger partial charge in [-0.2, -0.15) is 5.10 Å². The second-order valence-electron chi connectivity index (χ2n) is 6.66. The zero-order chi connectivity index (χ0) is 21.3. The summed E-state index contributed by atoms with van der Waals surface area (Å²) < 4.78 is 32.6. The number of hydrogen-bond acceptors (Lipinski definition) is 6. The summed E-state index contributed by atoms with van der Waals surface area (Å²) in [6.45, 7) is 0. The van der Waals surface area contributed by atoms with E-state index in [1.165, 1.54) is 28.6 Å². The molecule has 9 heteroatoms. The van der Waals surface area contributed by atoms with Crippen LogP contribution < -0.4 is 9.75 Å². The molecule has 2 aromatic carbocycles. The number of carbonyl (C=O) groups is 1. The normalized spacial score (nSPS) is 17.8. The molecule has 2 unspecified atom stereocenters. The fourth-order valence-corrected chi connectivity index (χ4v) is 3.82. The lowest BCUT2D eigenvalue weighted by Gasteiger charge is -2.15. The summed E-state index contributed by atoms with van der Waals surface area (Å²) in [6, 6.07) is 10.3. The van der Waals surface area contributed by atoms with Crippen molar-refractivity contribution in [2.75, 3.05) is 12.1 Å². The summed E-state index contributed by atoms with van der Waals surface area (Å²) in [5, 5.41) is 17.3. The van der Waals surface area contributed by atoms with Gasteiger partial charge in [-0.3, -0.25) is 0 Å². The quantitative estimate of drug-likeness (QED) is 0.439. The number of ether oxygens (including phenoxy) is 1. The molecule has 6 nitrogen and oxygen atoms in total. The highest BCUT2D eigenvalue weighted by Crippen LogP contribution is 2.39. The molecule has 154 valence electrons. The summed E-state index contributed by atoms with van der Waals surface area (Å²) in [6.07, 6.45) is 0.543. The molecule has 3 aromatic rings. The summed E-state index contributed by atoms with van der Waals surface area (Å²) in [4.78, 5) is 16.0. The van der Waals surface area contributed by atoms with Gasteiger partial charge < -0.3 is 9.84 Å². The number of alkyl halides is 1. The standard InChI is InChI=1S/C21H17F2N3O3S/c1-29-19-5-3-2-4-14(19)17-11-30-21(25-17)26(18-9-16(18)23)24-10-12-6-7-13(22)8-15(12)20(27)28/h2-8,10-11,16,18H,9H2,1H3,(H,27,28)/b24-10+. The Bertz CT molecular complexity index is 1120. The molecule has 1 N–H and O–H groups in total. The lowest BCUT2D eigenvalue weighted by Crippen LogP contribution is -2.21. The van der Waals surface area contributed by atoms with Crippen molar-refractivity contribution in [1.29, 1.82) is 0 Å². The molecule has 1 aliphatic carbocycles. The molecule has 30 heavy (non-hydrogen) atoms. The van der Waals surface area contributed by atoms with Crippen LogP contribution in [-0.4, -0.2) is 41.6 Å². The third kappa shape index (κ3) is 4.02. The predicted octanol–water partition coefficient (Wildman–Crippen LogP) is 4.61. The minimum Gasteiger partial charge on any atom is -0.496 e. The lowest BCUT2D eigenvalue weighted by molar-refractivity contribution is 0.0696. The molecule has 0 spiro atoms. The predicted molar refractivity (Wildman–Crippen MR) is 111 cm³/mol. The number of thiazole rings is 1. The first-order chi connectivity index (χ1) is 14.5. The number of anilines is 1. The first-order valence-corrected chi connectivity index (χ1v) is 9.95. The molecule has 1 fully saturated rings. The fraction of sp³-hybridized carbons (Fsp3) is 0.190. The second kappa shape index (κ2) is 8.19. The number of para-hydroxylation sites is 1. The number of benzene rings is 2. The Labute approximate surface area is 175 Å². The molecule has 0 radical (unpaired) electrons. The van der Waals surface area contributed by atoms with Gasteiger partial charge in [0.2, 0.25) is 5.13 Å².